The second-order valence-electron chi connectivity index (χ2n) is 8.82. The van der Waals surface area contributed by atoms with E-state index >= 15 is 0 Å². The van der Waals surface area contributed by atoms with Crippen molar-refractivity contribution < 1.29 is 19.1 Å². The fourth-order valence-corrected chi connectivity index (χ4v) is 4.79. The summed E-state index contributed by atoms with van der Waals surface area (Å²) in [6, 6.07) is 10.4. The number of carbonyl (C=O) groups excluding carboxylic acids is 2. The molecule has 0 radical (unpaired) electrons. The van der Waals surface area contributed by atoms with E-state index in [4.69, 9.17) is 9.47 Å². The van der Waals surface area contributed by atoms with E-state index in [0.717, 1.165) is 5.56 Å². The van der Waals surface area contributed by atoms with E-state index in [1.54, 1.807) is 59.9 Å². The van der Waals surface area contributed by atoms with Crippen LogP contribution in [0.25, 0.3) is 10.9 Å². The Morgan fingerprint density at radius 2 is 1.72 bits per heavy atom. The lowest BCUT2D eigenvalue weighted by atomic mass is 10.0. The normalized spacial score (nSPS) is 14.0. The van der Waals surface area contributed by atoms with Gasteiger partial charge < -0.3 is 19.7 Å². The summed E-state index contributed by atoms with van der Waals surface area (Å²) < 4.78 is 13.6. The fraction of sp³-hybridized carbons (Fsp3) is 0.385. The summed E-state index contributed by atoms with van der Waals surface area (Å²) in [6.45, 7) is 2.95. The number of piperidine rings is 1. The van der Waals surface area contributed by atoms with Crippen LogP contribution in [0.5, 0.6) is 11.5 Å². The standard InChI is InChI=1S/C26H30N4O6/c1-17(32)28-10-8-20(9-11-28)30-22-6-4-18(14-27-16-31)12-21(22)25(33)29(26(30)34)15-19-5-7-23(35-2)24(13-19)36-3/h4-7,12-13,16,20H,8-11,14-15H2,1-3H3,(H,27,31). The smallest absolute Gasteiger partial charge is 0.332 e. The lowest BCUT2D eigenvalue weighted by Crippen LogP contribution is -2.45. The molecule has 0 aliphatic carbocycles. The highest BCUT2D eigenvalue weighted by Gasteiger charge is 2.26. The molecule has 1 fully saturated rings. The zero-order chi connectivity index (χ0) is 25.8. The molecule has 10 nitrogen and oxygen atoms in total. The first-order valence-corrected chi connectivity index (χ1v) is 11.8. The largest absolute Gasteiger partial charge is 0.493 e. The molecule has 3 aromatic rings. The third-order valence-electron chi connectivity index (χ3n) is 6.69. The van der Waals surface area contributed by atoms with Gasteiger partial charge in [0, 0.05) is 32.6 Å². The van der Waals surface area contributed by atoms with Gasteiger partial charge in [-0.15, -0.1) is 0 Å². The number of benzene rings is 2. The van der Waals surface area contributed by atoms with E-state index in [1.165, 1.54) is 11.7 Å². The van der Waals surface area contributed by atoms with Crippen LogP contribution < -0.4 is 26.0 Å². The van der Waals surface area contributed by atoms with Gasteiger partial charge in [0.25, 0.3) is 5.56 Å². The van der Waals surface area contributed by atoms with Crippen LogP contribution in [0.4, 0.5) is 0 Å². The zero-order valence-corrected chi connectivity index (χ0v) is 20.7. The molecular formula is C26H30N4O6. The van der Waals surface area contributed by atoms with Crippen LogP contribution in [0.1, 0.15) is 36.9 Å². The van der Waals surface area contributed by atoms with Gasteiger partial charge in [0.1, 0.15) is 0 Å². The number of hydrogen-bond acceptors (Lipinski definition) is 6. The zero-order valence-electron chi connectivity index (χ0n) is 20.7. The Bertz CT molecular complexity index is 1400. The van der Waals surface area contributed by atoms with Crippen molar-refractivity contribution in [2.75, 3.05) is 27.3 Å². The number of ether oxygens (including phenoxy) is 2. The van der Waals surface area contributed by atoms with Crippen molar-refractivity contribution in [1.29, 1.82) is 0 Å². The van der Waals surface area contributed by atoms with Crippen LogP contribution in [0.15, 0.2) is 46.0 Å². The highest BCUT2D eigenvalue weighted by molar-refractivity contribution is 5.79. The van der Waals surface area contributed by atoms with Gasteiger partial charge in [0.2, 0.25) is 12.3 Å². The molecule has 2 heterocycles. The van der Waals surface area contributed by atoms with Crippen LogP contribution in [0, 0.1) is 0 Å². The van der Waals surface area contributed by atoms with Gasteiger partial charge in [-0.2, -0.15) is 0 Å². The quantitative estimate of drug-likeness (QED) is 0.477. The van der Waals surface area contributed by atoms with Crippen molar-refractivity contribution >= 4 is 23.2 Å². The molecule has 2 aromatic carbocycles. The number of amides is 2. The SMILES string of the molecule is COc1ccc(Cn2c(=O)c3cc(CNC=O)ccc3n(C3CCN(C(C)=O)CC3)c2=O)cc1OC. The number of likely N-dealkylation sites (tertiary alicyclic amines) is 1. The maximum absolute atomic E-state index is 13.8. The lowest BCUT2D eigenvalue weighted by Gasteiger charge is -2.33. The maximum Gasteiger partial charge on any atom is 0.332 e. The molecule has 36 heavy (non-hydrogen) atoms. The molecule has 1 saturated heterocycles. The Balaban J connectivity index is 1.84. The number of aromatic nitrogens is 2. The van der Waals surface area contributed by atoms with E-state index in [-0.39, 0.29) is 25.0 Å². The molecule has 0 spiro atoms. The molecule has 0 bridgehead atoms. The summed E-state index contributed by atoms with van der Waals surface area (Å²) in [5.74, 6) is 1.06. The predicted octanol–water partition coefficient (Wildman–Crippen LogP) is 1.66. The third-order valence-corrected chi connectivity index (χ3v) is 6.69. The molecule has 1 aliphatic rings. The Morgan fingerprint density at radius 1 is 1.03 bits per heavy atom. The van der Waals surface area contributed by atoms with Gasteiger partial charge >= 0.3 is 5.69 Å². The number of fused-ring (bicyclic) bond motifs is 1. The second kappa shape index (κ2) is 10.7. The van der Waals surface area contributed by atoms with Gasteiger partial charge in [-0.05, 0) is 48.2 Å². The van der Waals surface area contributed by atoms with Crippen LogP contribution in [-0.2, 0) is 22.7 Å². The number of nitrogens with one attached hydrogen (secondary N) is 1. The van der Waals surface area contributed by atoms with Crippen LogP contribution in [0.2, 0.25) is 0 Å². The predicted molar refractivity (Wildman–Crippen MR) is 135 cm³/mol. The monoisotopic (exact) mass is 494 g/mol. The maximum atomic E-state index is 13.8. The van der Waals surface area contributed by atoms with Crippen LogP contribution >= 0.6 is 0 Å². The molecule has 190 valence electrons. The summed E-state index contributed by atoms with van der Waals surface area (Å²) in [5, 5.41) is 3.01. The third kappa shape index (κ3) is 4.84. The summed E-state index contributed by atoms with van der Waals surface area (Å²) in [7, 11) is 3.07. The Hall–Kier alpha value is -4.08. The fourth-order valence-electron chi connectivity index (χ4n) is 4.79. The second-order valence-corrected chi connectivity index (χ2v) is 8.82. The van der Waals surface area contributed by atoms with Crippen molar-refractivity contribution in [3.63, 3.8) is 0 Å². The molecule has 10 heteroatoms. The number of rotatable bonds is 8. The molecule has 1 aliphatic heterocycles. The summed E-state index contributed by atoms with van der Waals surface area (Å²) >= 11 is 0. The Kier molecular flexibility index (Phi) is 7.42. The van der Waals surface area contributed by atoms with Crippen LogP contribution in [-0.4, -0.2) is 53.7 Å². The number of hydrogen-bond donors (Lipinski definition) is 1. The average molecular weight is 495 g/mol. The topological polar surface area (TPSA) is 112 Å². The van der Waals surface area contributed by atoms with E-state index in [0.29, 0.717) is 60.3 Å². The van der Waals surface area contributed by atoms with Crippen molar-refractivity contribution in [1.82, 2.24) is 19.4 Å². The lowest BCUT2D eigenvalue weighted by molar-refractivity contribution is -0.130. The van der Waals surface area contributed by atoms with Gasteiger partial charge in [-0.3, -0.25) is 23.5 Å². The first-order valence-electron chi connectivity index (χ1n) is 11.8. The van der Waals surface area contributed by atoms with Crippen LogP contribution in [0.3, 0.4) is 0 Å². The minimum absolute atomic E-state index is 0.0106. The van der Waals surface area contributed by atoms with E-state index < -0.39 is 11.2 Å². The number of methoxy groups -OCH3 is 2. The summed E-state index contributed by atoms with van der Waals surface area (Å²) in [5.41, 5.74) is 1.20. The first kappa shape index (κ1) is 25.0. The van der Waals surface area contributed by atoms with Gasteiger partial charge in [-0.1, -0.05) is 12.1 Å². The van der Waals surface area contributed by atoms with Crippen molar-refractivity contribution in [2.45, 2.75) is 38.9 Å². The van der Waals surface area contributed by atoms with Gasteiger partial charge in [-0.25, -0.2) is 4.79 Å². The molecule has 0 unspecified atom stereocenters. The van der Waals surface area contributed by atoms with E-state index in [1.807, 2.05) is 0 Å². The highest BCUT2D eigenvalue weighted by Crippen LogP contribution is 2.28. The Morgan fingerprint density at radius 3 is 2.36 bits per heavy atom. The minimum Gasteiger partial charge on any atom is -0.493 e. The summed E-state index contributed by atoms with van der Waals surface area (Å²) in [6.07, 6.45) is 1.82. The molecule has 1 N–H and O–H groups in total. The molecule has 4 rings (SSSR count). The average Bonchev–Trinajstić information content (AvgIpc) is 2.90. The number of carbonyl (C=O) groups is 2. The van der Waals surface area contributed by atoms with Crippen molar-refractivity contribution in [3.8, 4) is 11.5 Å². The molecule has 1 aromatic heterocycles. The Labute approximate surface area is 208 Å². The summed E-state index contributed by atoms with van der Waals surface area (Å²) in [4.78, 5) is 51.7. The highest BCUT2D eigenvalue weighted by atomic mass is 16.5. The molecular weight excluding hydrogens is 464 g/mol. The van der Waals surface area contributed by atoms with Gasteiger partial charge in [0.05, 0.1) is 31.7 Å². The van der Waals surface area contributed by atoms with Gasteiger partial charge in [0.15, 0.2) is 11.5 Å². The molecule has 2 amide bonds. The molecule has 0 atom stereocenters. The number of nitrogens with zero attached hydrogens (tertiary/aromatic N) is 3. The molecule has 0 saturated carbocycles. The van der Waals surface area contributed by atoms with E-state index in [2.05, 4.69) is 5.32 Å². The van der Waals surface area contributed by atoms with Crippen molar-refractivity contribution in [2.24, 2.45) is 0 Å². The van der Waals surface area contributed by atoms with E-state index in [9.17, 15) is 19.2 Å². The first-order chi connectivity index (χ1) is 17.4. The van der Waals surface area contributed by atoms with Crippen molar-refractivity contribution in [3.05, 3.63) is 68.4 Å². The minimum atomic E-state index is -0.407.